The smallest absolute Gasteiger partial charge is 0.255 e. The summed E-state index contributed by atoms with van der Waals surface area (Å²) in [6, 6.07) is 10.5. The summed E-state index contributed by atoms with van der Waals surface area (Å²) in [4.78, 5) is 12.4. The molecule has 0 heterocycles. The van der Waals surface area contributed by atoms with Crippen molar-refractivity contribution in [2.24, 2.45) is 0 Å². The van der Waals surface area contributed by atoms with Crippen LogP contribution >= 0.6 is 39.1 Å². The maximum Gasteiger partial charge on any atom is 0.255 e. The Labute approximate surface area is 166 Å². The van der Waals surface area contributed by atoms with Gasteiger partial charge in [-0.05, 0) is 46.6 Å². The number of amides is 1. The Hall–Kier alpha value is -1.23. The first kappa shape index (κ1) is 20.1. The van der Waals surface area contributed by atoms with E-state index in [4.69, 9.17) is 27.9 Å². The number of ether oxygens (including phenoxy) is 1. The van der Waals surface area contributed by atoms with E-state index >= 15 is 0 Å². The minimum absolute atomic E-state index is 0.287. The lowest BCUT2D eigenvalue weighted by Gasteiger charge is -2.12. The van der Waals surface area contributed by atoms with Crippen LogP contribution in [0.25, 0.3) is 0 Å². The summed E-state index contributed by atoms with van der Waals surface area (Å²) in [5, 5.41) is 3.49. The Bertz CT molecular complexity index is 714. The number of para-hydroxylation sites is 1. The zero-order valence-corrected chi connectivity index (χ0v) is 17.0. The number of benzene rings is 2. The van der Waals surface area contributed by atoms with Gasteiger partial charge in [0.25, 0.3) is 5.91 Å². The summed E-state index contributed by atoms with van der Waals surface area (Å²) < 4.78 is 6.48. The van der Waals surface area contributed by atoms with Gasteiger partial charge in [-0.3, -0.25) is 4.79 Å². The molecule has 0 aliphatic carbocycles. The maximum absolute atomic E-state index is 12.4. The Morgan fingerprint density at radius 1 is 1.12 bits per heavy atom. The van der Waals surface area contributed by atoms with Crippen LogP contribution in [0, 0.1) is 0 Å². The molecule has 0 aromatic heterocycles. The van der Waals surface area contributed by atoms with E-state index in [9.17, 15) is 4.79 Å². The SMILES string of the molecule is CCCCCCOc1c(Cl)cc(C(=O)Nc2ccccc2Br)cc1Cl. The number of rotatable bonds is 8. The number of carbonyl (C=O) groups excluding carboxylic acids is 1. The van der Waals surface area contributed by atoms with Crippen molar-refractivity contribution in [3.8, 4) is 5.75 Å². The summed E-state index contributed by atoms with van der Waals surface area (Å²) in [6.07, 6.45) is 4.41. The van der Waals surface area contributed by atoms with Gasteiger partial charge in [-0.15, -0.1) is 0 Å². The average Bonchev–Trinajstić information content (AvgIpc) is 2.58. The van der Waals surface area contributed by atoms with E-state index in [1.54, 1.807) is 18.2 Å². The molecule has 0 aliphatic heterocycles. The van der Waals surface area contributed by atoms with Crippen LogP contribution in [-0.4, -0.2) is 12.5 Å². The fourth-order valence-electron chi connectivity index (χ4n) is 2.29. The Morgan fingerprint density at radius 3 is 2.44 bits per heavy atom. The molecule has 0 atom stereocenters. The van der Waals surface area contributed by atoms with Crippen molar-refractivity contribution in [1.82, 2.24) is 0 Å². The molecule has 6 heteroatoms. The lowest BCUT2D eigenvalue weighted by molar-refractivity contribution is 0.102. The van der Waals surface area contributed by atoms with Gasteiger partial charge in [0.2, 0.25) is 0 Å². The molecule has 0 unspecified atom stereocenters. The topological polar surface area (TPSA) is 38.3 Å². The summed E-state index contributed by atoms with van der Waals surface area (Å²) in [5.74, 6) is 0.141. The molecule has 134 valence electrons. The summed E-state index contributed by atoms with van der Waals surface area (Å²) in [6.45, 7) is 2.72. The largest absolute Gasteiger partial charge is 0.490 e. The molecule has 0 bridgehead atoms. The van der Waals surface area contributed by atoms with Crippen molar-refractivity contribution in [2.45, 2.75) is 32.6 Å². The number of anilines is 1. The molecular weight excluding hydrogens is 425 g/mol. The van der Waals surface area contributed by atoms with E-state index in [2.05, 4.69) is 28.2 Å². The second kappa shape index (κ2) is 10.0. The molecule has 0 saturated heterocycles. The Morgan fingerprint density at radius 2 is 1.80 bits per heavy atom. The van der Waals surface area contributed by atoms with E-state index in [0.717, 1.165) is 17.3 Å². The number of nitrogens with one attached hydrogen (secondary N) is 1. The minimum Gasteiger partial charge on any atom is -0.490 e. The number of halogens is 3. The van der Waals surface area contributed by atoms with Gasteiger partial charge in [0.05, 0.1) is 22.3 Å². The predicted octanol–water partition coefficient (Wildman–Crippen LogP) is 6.97. The third-order valence-electron chi connectivity index (χ3n) is 3.63. The van der Waals surface area contributed by atoms with Gasteiger partial charge in [0.1, 0.15) is 0 Å². The van der Waals surface area contributed by atoms with E-state index in [1.165, 1.54) is 12.8 Å². The van der Waals surface area contributed by atoms with Crippen molar-refractivity contribution in [2.75, 3.05) is 11.9 Å². The molecule has 2 aromatic carbocycles. The molecule has 0 fully saturated rings. The van der Waals surface area contributed by atoms with Gasteiger partial charge in [-0.2, -0.15) is 0 Å². The normalized spacial score (nSPS) is 10.6. The van der Waals surface area contributed by atoms with Crippen LogP contribution in [0.1, 0.15) is 43.0 Å². The van der Waals surface area contributed by atoms with Crippen molar-refractivity contribution in [3.63, 3.8) is 0 Å². The molecule has 2 rings (SSSR count). The fraction of sp³-hybridized carbons (Fsp3) is 0.316. The second-order valence-electron chi connectivity index (χ2n) is 5.61. The zero-order valence-electron chi connectivity index (χ0n) is 14.0. The van der Waals surface area contributed by atoms with Crippen LogP contribution in [0.2, 0.25) is 10.0 Å². The van der Waals surface area contributed by atoms with Crippen molar-refractivity contribution in [1.29, 1.82) is 0 Å². The van der Waals surface area contributed by atoms with E-state index < -0.39 is 0 Å². The van der Waals surface area contributed by atoms with E-state index in [0.29, 0.717) is 33.7 Å². The van der Waals surface area contributed by atoms with Crippen LogP contribution in [0.15, 0.2) is 40.9 Å². The molecule has 0 radical (unpaired) electrons. The molecule has 0 aliphatic rings. The van der Waals surface area contributed by atoms with Gasteiger partial charge in [0, 0.05) is 10.0 Å². The van der Waals surface area contributed by atoms with Gasteiger partial charge < -0.3 is 10.1 Å². The number of carbonyl (C=O) groups is 1. The lowest BCUT2D eigenvalue weighted by Crippen LogP contribution is -2.12. The first-order valence-electron chi connectivity index (χ1n) is 8.20. The van der Waals surface area contributed by atoms with Crippen LogP contribution in [0.4, 0.5) is 5.69 Å². The van der Waals surface area contributed by atoms with Crippen LogP contribution in [-0.2, 0) is 0 Å². The third-order valence-corrected chi connectivity index (χ3v) is 4.88. The number of hydrogen-bond donors (Lipinski definition) is 1. The molecule has 1 N–H and O–H groups in total. The van der Waals surface area contributed by atoms with E-state index in [-0.39, 0.29) is 5.91 Å². The van der Waals surface area contributed by atoms with Gasteiger partial charge in [-0.25, -0.2) is 0 Å². The lowest BCUT2D eigenvalue weighted by atomic mass is 10.2. The highest BCUT2D eigenvalue weighted by Gasteiger charge is 2.15. The summed E-state index contributed by atoms with van der Waals surface area (Å²) in [5.41, 5.74) is 1.06. The van der Waals surface area contributed by atoms with Gasteiger partial charge in [-0.1, -0.05) is 61.5 Å². The first-order chi connectivity index (χ1) is 12.0. The summed E-state index contributed by atoms with van der Waals surface area (Å²) in [7, 11) is 0. The summed E-state index contributed by atoms with van der Waals surface area (Å²) >= 11 is 15.9. The molecule has 0 saturated carbocycles. The predicted molar refractivity (Wildman–Crippen MR) is 108 cm³/mol. The van der Waals surface area contributed by atoms with Crippen molar-refractivity contribution in [3.05, 3.63) is 56.5 Å². The minimum atomic E-state index is -0.287. The van der Waals surface area contributed by atoms with Gasteiger partial charge in [0.15, 0.2) is 5.75 Å². The molecule has 3 nitrogen and oxygen atoms in total. The first-order valence-corrected chi connectivity index (χ1v) is 9.75. The maximum atomic E-state index is 12.4. The quantitative estimate of drug-likeness (QED) is 0.446. The van der Waals surface area contributed by atoms with Crippen LogP contribution < -0.4 is 10.1 Å². The highest BCUT2D eigenvalue weighted by atomic mass is 79.9. The average molecular weight is 445 g/mol. The number of hydrogen-bond acceptors (Lipinski definition) is 2. The molecule has 1 amide bonds. The van der Waals surface area contributed by atoms with Crippen molar-refractivity contribution < 1.29 is 9.53 Å². The fourth-order valence-corrected chi connectivity index (χ4v) is 3.27. The molecule has 25 heavy (non-hydrogen) atoms. The second-order valence-corrected chi connectivity index (χ2v) is 7.28. The van der Waals surface area contributed by atoms with Crippen LogP contribution in [0.5, 0.6) is 5.75 Å². The number of unbranched alkanes of at least 4 members (excludes halogenated alkanes) is 3. The van der Waals surface area contributed by atoms with Crippen LogP contribution in [0.3, 0.4) is 0 Å². The standard InChI is InChI=1S/C19H20BrCl2NO2/c1-2-3-4-7-10-25-18-15(21)11-13(12-16(18)22)19(24)23-17-9-6-5-8-14(17)20/h5-6,8-9,11-12H,2-4,7,10H2,1H3,(H,23,24). The molecule has 2 aromatic rings. The van der Waals surface area contributed by atoms with Gasteiger partial charge >= 0.3 is 0 Å². The third kappa shape index (κ3) is 5.91. The Kier molecular flexibility index (Phi) is 8.07. The highest BCUT2D eigenvalue weighted by molar-refractivity contribution is 9.10. The molecule has 0 spiro atoms. The van der Waals surface area contributed by atoms with Crippen molar-refractivity contribution >= 4 is 50.7 Å². The zero-order chi connectivity index (χ0) is 18.2. The molecular formula is C19H20BrCl2NO2. The van der Waals surface area contributed by atoms with E-state index in [1.807, 2.05) is 18.2 Å². The monoisotopic (exact) mass is 443 g/mol. The highest BCUT2D eigenvalue weighted by Crippen LogP contribution is 2.35. The Balaban J connectivity index is 2.05.